The third kappa shape index (κ3) is 6.21. The lowest BCUT2D eigenvalue weighted by Crippen LogP contribution is -2.44. The monoisotopic (exact) mass is 386 g/mol. The summed E-state index contributed by atoms with van der Waals surface area (Å²) < 4.78 is 0. The first-order valence-electron chi connectivity index (χ1n) is 11.0. The molecule has 1 aromatic rings. The van der Waals surface area contributed by atoms with Crippen LogP contribution < -0.4 is 10.2 Å². The lowest BCUT2D eigenvalue weighted by Gasteiger charge is -2.34. The highest BCUT2D eigenvalue weighted by atomic mass is 16.2. The molecule has 28 heavy (non-hydrogen) atoms. The van der Waals surface area contributed by atoms with Gasteiger partial charge in [0.25, 0.3) is 0 Å². The summed E-state index contributed by atoms with van der Waals surface area (Å²) in [5, 5.41) is 3.08. The molecule has 0 saturated carbocycles. The molecule has 1 amide bonds. The number of anilines is 2. The fraction of sp³-hybridized carbons (Fsp3) is 0.696. The summed E-state index contributed by atoms with van der Waals surface area (Å²) in [5.41, 5.74) is 2.37. The predicted molar refractivity (Wildman–Crippen MR) is 118 cm³/mol. The molecule has 3 rings (SSSR count). The normalized spacial score (nSPS) is 20.5. The molecule has 2 heterocycles. The average Bonchev–Trinajstić information content (AvgIpc) is 3.05. The van der Waals surface area contributed by atoms with E-state index >= 15 is 0 Å². The summed E-state index contributed by atoms with van der Waals surface area (Å²) >= 11 is 0. The van der Waals surface area contributed by atoms with Crippen LogP contribution in [0.25, 0.3) is 0 Å². The van der Waals surface area contributed by atoms with Crippen LogP contribution >= 0.6 is 0 Å². The zero-order valence-corrected chi connectivity index (χ0v) is 18.0. The molecule has 5 heteroatoms. The summed E-state index contributed by atoms with van der Waals surface area (Å²) in [6, 6.07) is 8.38. The summed E-state index contributed by atoms with van der Waals surface area (Å²) in [5.74, 6) is 0.0896. The second kappa shape index (κ2) is 9.75. The highest BCUT2D eigenvalue weighted by molar-refractivity contribution is 5.92. The highest BCUT2D eigenvalue weighted by Crippen LogP contribution is 2.22. The highest BCUT2D eigenvalue weighted by Gasteiger charge is 2.24. The topological polar surface area (TPSA) is 38.8 Å². The molecule has 2 aliphatic rings. The Labute approximate surface area is 171 Å². The Morgan fingerprint density at radius 2 is 1.54 bits per heavy atom. The molecule has 2 saturated heterocycles. The minimum atomic E-state index is 0.0896. The van der Waals surface area contributed by atoms with E-state index in [1.807, 2.05) is 12.1 Å². The molecule has 0 bridgehead atoms. The van der Waals surface area contributed by atoms with E-state index in [0.717, 1.165) is 51.4 Å². The van der Waals surface area contributed by atoms with Gasteiger partial charge >= 0.3 is 0 Å². The molecule has 2 aliphatic heterocycles. The van der Waals surface area contributed by atoms with Gasteiger partial charge in [-0.2, -0.15) is 0 Å². The van der Waals surface area contributed by atoms with Crippen molar-refractivity contribution in [3.63, 3.8) is 0 Å². The van der Waals surface area contributed by atoms with E-state index in [0.29, 0.717) is 6.54 Å². The molecule has 1 aromatic carbocycles. The van der Waals surface area contributed by atoms with Gasteiger partial charge in [-0.15, -0.1) is 0 Å². The number of carbonyl (C=O) groups is 1. The van der Waals surface area contributed by atoms with Gasteiger partial charge in [0, 0.05) is 43.1 Å². The summed E-state index contributed by atoms with van der Waals surface area (Å²) in [7, 11) is 0. The minimum absolute atomic E-state index is 0.0896. The largest absolute Gasteiger partial charge is 0.372 e. The standard InChI is InChI=1S/C23H38N4O/c1-23(2,3)27-16-8-13-25(17-18-27)19-22(28)24-20-9-11-21(12-10-20)26-14-6-4-5-7-15-26/h9-12H,4-8,13-19H2,1-3H3,(H,24,28). The third-order valence-corrected chi connectivity index (χ3v) is 6.03. The van der Waals surface area contributed by atoms with Gasteiger partial charge in [0.1, 0.15) is 0 Å². The SMILES string of the molecule is CC(C)(C)N1CCCN(CC(=O)Nc2ccc(N3CCCCCC3)cc2)CC1. The van der Waals surface area contributed by atoms with Crippen molar-refractivity contribution in [1.29, 1.82) is 0 Å². The quantitative estimate of drug-likeness (QED) is 0.854. The van der Waals surface area contributed by atoms with Crippen molar-refractivity contribution < 1.29 is 4.79 Å². The van der Waals surface area contributed by atoms with Crippen molar-refractivity contribution in [2.24, 2.45) is 0 Å². The maximum atomic E-state index is 12.5. The van der Waals surface area contributed by atoms with Gasteiger partial charge in [0.2, 0.25) is 5.91 Å². The van der Waals surface area contributed by atoms with Crippen molar-refractivity contribution in [3.8, 4) is 0 Å². The number of hydrogen-bond acceptors (Lipinski definition) is 4. The van der Waals surface area contributed by atoms with Gasteiger partial charge in [-0.3, -0.25) is 14.6 Å². The average molecular weight is 387 g/mol. The zero-order valence-electron chi connectivity index (χ0n) is 18.0. The van der Waals surface area contributed by atoms with Crippen LogP contribution in [0.3, 0.4) is 0 Å². The molecule has 0 aromatic heterocycles. The number of rotatable bonds is 4. The number of hydrogen-bond donors (Lipinski definition) is 1. The molecule has 2 fully saturated rings. The van der Waals surface area contributed by atoms with Crippen molar-refractivity contribution in [2.45, 2.75) is 58.4 Å². The first-order chi connectivity index (χ1) is 13.4. The molecule has 0 spiro atoms. The zero-order chi connectivity index (χ0) is 20.0. The summed E-state index contributed by atoms with van der Waals surface area (Å²) in [6.07, 6.45) is 6.36. The second-order valence-corrected chi connectivity index (χ2v) is 9.28. The lowest BCUT2D eigenvalue weighted by atomic mass is 10.1. The maximum absolute atomic E-state index is 12.5. The molecule has 1 N–H and O–H groups in total. The van der Waals surface area contributed by atoms with Gasteiger partial charge in [-0.1, -0.05) is 12.8 Å². The van der Waals surface area contributed by atoms with E-state index in [4.69, 9.17) is 0 Å². The first-order valence-corrected chi connectivity index (χ1v) is 11.0. The van der Waals surface area contributed by atoms with Gasteiger partial charge in [-0.25, -0.2) is 0 Å². The van der Waals surface area contributed by atoms with Crippen LogP contribution in [0.5, 0.6) is 0 Å². The van der Waals surface area contributed by atoms with Crippen molar-refractivity contribution in [2.75, 3.05) is 56.0 Å². The molecule has 0 radical (unpaired) electrons. The van der Waals surface area contributed by atoms with Gasteiger partial charge in [0.15, 0.2) is 0 Å². The van der Waals surface area contributed by atoms with E-state index in [1.54, 1.807) is 0 Å². The van der Waals surface area contributed by atoms with Gasteiger partial charge < -0.3 is 10.2 Å². The molecule has 156 valence electrons. The van der Waals surface area contributed by atoms with Crippen molar-refractivity contribution in [3.05, 3.63) is 24.3 Å². The number of benzene rings is 1. The van der Waals surface area contributed by atoms with Crippen LogP contribution in [-0.2, 0) is 4.79 Å². The summed E-state index contributed by atoms with van der Waals surface area (Å²) in [6.45, 7) is 13.7. The van der Waals surface area contributed by atoms with Gasteiger partial charge in [0.05, 0.1) is 6.54 Å². The Hall–Kier alpha value is -1.59. The van der Waals surface area contributed by atoms with E-state index < -0.39 is 0 Å². The Bertz CT molecular complexity index is 614. The lowest BCUT2D eigenvalue weighted by molar-refractivity contribution is -0.117. The van der Waals surface area contributed by atoms with Gasteiger partial charge in [-0.05, 0) is 77.4 Å². The predicted octanol–water partition coefficient (Wildman–Crippen LogP) is 3.81. The van der Waals surface area contributed by atoms with Crippen LogP contribution in [0.2, 0.25) is 0 Å². The summed E-state index contributed by atoms with van der Waals surface area (Å²) in [4.78, 5) is 19.8. The van der Waals surface area contributed by atoms with Crippen LogP contribution in [0.4, 0.5) is 11.4 Å². The fourth-order valence-electron chi connectivity index (χ4n) is 4.29. The molecule has 0 unspecified atom stereocenters. The number of nitrogens with one attached hydrogen (secondary N) is 1. The van der Waals surface area contributed by atoms with Crippen LogP contribution in [0, 0.1) is 0 Å². The number of nitrogens with zero attached hydrogens (tertiary/aromatic N) is 3. The first kappa shape index (κ1) is 21.1. The fourth-order valence-corrected chi connectivity index (χ4v) is 4.29. The second-order valence-electron chi connectivity index (χ2n) is 9.28. The van der Waals surface area contributed by atoms with E-state index in [-0.39, 0.29) is 11.4 Å². The molecular formula is C23H38N4O. The van der Waals surface area contributed by atoms with E-state index in [2.05, 4.69) is 52.9 Å². The molecule has 5 nitrogen and oxygen atoms in total. The Morgan fingerprint density at radius 1 is 0.857 bits per heavy atom. The van der Waals surface area contributed by atoms with Crippen molar-refractivity contribution in [1.82, 2.24) is 9.80 Å². The minimum Gasteiger partial charge on any atom is -0.372 e. The molecular weight excluding hydrogens is 348 g/mol. The number of amides is 1. The maximum Gasteiger partial charge on any atom is 0.238 e. The Kier molecular flexibility index (Phi) is 7.36. The van der Waals surface area contributed by atoms with Crippen LogP contribution in [-0.4, -0.2) is 67.1 Å². The van der Waals surface area contributed by atoms with Crippen LogP contribution in [0.15, 0.2) is 24.3 Å². The van der Waals surface area contributed by atoms with Crippen molar-refractivity contribution >= 4 is 17.3 Å². The third-order valence-electron chi connectivity index (χ3n) is 6.03. The Balaban J connectivity index is 1.48. The smallest absolute Gasteiger partial charge is 0.238 e. The van der Waals surface area contributed by atoms with Crippen LogP contribution in [0.1, 0.15) is 52.9 Å². The number of carbonyl (C=O) groups excluding carboxylic acids is 1. The van der Waals surface area contributed by atoms with E-state index in [9.17, 15) is 4.79 Å². The Morgan fingerprint density at radius 3 is 2.18 bits per heavy atom. The van der Waals surface area contributed by atoms with E-state index in [1.165, 1.54) is 31.4 Å². The molecule has 0 atom stereocenters. The molecule has 0 aliphatic carbocycles.